The molecule has 2 aromatic carbocycles. The topological polar surface area (TPSA) is 61.4 Å². The van der Waals surface area contributed by atoms with Gasteiger partial charge in [0.25, 0.3) is 0 Å². The summed E-state index contributed by atoms with van der Waals surface area (Å²) in [5.41, 5.74) is 1.79. The first kappa shape index (κ1) is 21.1. The van der Waals surface area contributed by atoms with E-state index >= 15 is 0 Å². The number of benzene rings is 2. The number of amides is 3. The van der Waals surface area contributed by atoms with Gasteiger partial charge in [0.2, 0.25) is 5.91 Å². The van der Waals surface area contributed by atoms with Gasteiger partial charge < -0.3 is 15.5 Å². The summed E-state index contributed by atoms with van der Waals surface area (Å²) in [6, 6.07) is 11.4. The third kappa shape index (κ3) is 5.48. The molecule has 7 heteroatoms. The Kier molecular flexibility index (Phi) is 6.75. The quantitative estimate of drug-likeness (QED) is 0.708. The molecule has 0 aromatic heterocycles. The predicted octanol–water partition coefficient (Wildman–Crippen LogP) is 5.31. The largest absolute Gasteiger partial charge is 0.326 e. The number of anilines is 2. The zero-order valence-corrected chi connectivity index (χ0v) is 17.3. The lowest BCUT2D eigenvalue weighted by Gasteiger charge is -2.34. The number of urea groups is 1. The summed E-state index contributed by atoms with van der Waals surface area (Å²) in [7, 11) is 0. The minimum Gasteiger partial charge on any atom is -0.326 e. The van der Waals surface area contributed by atoms with Gasteiger partial charge in [0, 0.05) is 35.4 Å². The van der Waals surface area contributed by atoms with Crippen molar-refractivity contribution in [3.63, 3.8) is 0 Å². The van der Waals surface area contributed by atoms with Gasteiger partial charge >= 0.3 is 6.03 Å². The second-order valence-corrected chi connectivity index (χ2v) is 7.94. The van der Waals surface area contributed by atoms with Crippen LogP contribution in [0.25, 0.3) is 0 Å². The highest BCUT2D eigenvalue weighted by Gasteiger charge is 2.30. The lowest BCUT2D eigenvalue weighted by atomic mass is 9.85. The van der Waals surface area contributed by atoms with Gasteiger partial charge in [-0.25, -0.2) is 9.18 Å². The molecule has 1 atom stereocenters. The van der Waals surface area contributed by atoms with E-state index < -0.39 is 0 Å². The van der Waals surface area contributed by atoms with Crippen LogP contribution in [0.3, 0.4) is 0 Å². The third-order valence-electron chi connectivity index (χ3n) is 5.47. The smallest absolute Gasteiger partial charge is 0.321 e. The van der Waals surface area contributed by atoms with E-state index in [4.69, 9.17) is 11.6 Å². The van der Waals surface area contributed by atoms with Crippen molar-refractivity contribution >= 4 is 34.9 Å². The zero-order valence-electron chi connectivity index (χ0n) is 16.5. The molecular formula is C22H25ClFN3O2. The van der Waals surface area contributed by atoms with Gasteiger partial charge in [-0.05, 0) is 73.7 Å². The van der Waals surface area contributed by atoms with Crippen LogP contribution < -0.4 is 10.6 Å². The van der Waals surface area contributed by atoms with Crippen LogP contribution in [-0.4, -0.2) is 29.9 Å². The maximum Gasteiger partial charge on any atom is 0.321 e. The number of aryl methyl sites for hydroxylation is 1. The number of rotatable bonds is 4. The van der Waals surface area contributed by atoms with E-state index in [-0.39, 0.29) is 29.6 Å². The number of halogens is 2. The molecule has 2 N–H and O–H groups in total. The number of nitrogens with one attached hydrogen (secondary N) is 2. The Bertz CT molecular complexity index is 880. The van der Waals surface area contributed by atoms with Crippen LogP contribution in [0, 0.1) is 24.6 Å². The van der Waals surface area contributed by atoms with Crippen LogP contribution in [0.5, 0.6) is 0 Å². The van der Waals surface area contributed by atoms with Gasteiger partial charge in [-0.2, -0.15) is 0 Å². The molecule has 0 spiro atoms. The predicted molar refractivity (Wildman–Crippen MR) is 114 cm³/mol. The Morgan fingerprint density at radius 1 is 1.07 bits per heavy atom. The average molecular weight is 418 g/mol. The maximum absolute atomic E-state index is 13.4. The molecule has 29 heavy (non-hydrogen) atoms. The Balaban J connectivity index is 1.49. The van der Waals surface area contributed by atoms with E-state index in [1.54, 1.807) is 48.2 Å². The fraction of sp³-hybridized carbons (Fsp3) is 0.364. The number of hydrogen-bond acceptors (Lipinski definition) is 2. The Hall–Kier alpha value is -2.60. The molecule has 154 valence electrons. The van der Waals surface area contributed by atoms with Crippen LogP contribution in [0.4, 0.5) is 20.6 Å². The minimum atomic E-state index is -0.291. The summed E-state index contributed by atoms with van der Waals surface area (Å²) in [5.74, 6) is -0.377. The molecule has 0 bridgehead atoms. The molecule has 0 radical (unpaired) electrons. The molecule has 0 saturated carbocycles. The number of carbonyl (C=O) groups is 2. The van der Waals surface area contributed by atoms with Crippen LogP contribution in [0.2, 0.25) is 5.02 Å². The van der Waals surface area contributed by atoms with E-state index in [2.05, 4.69) is 10.6 Å². The number of piperidine rings is 1. The van der Waals surface area contributed by atoms with Gasteiger partial charge in [-0.3, -0.25) is 4.79 Å². The molecule has 1 saturated heterocycles. The molecule has 1 fully saturated rings. The number of hydrogen-bond donors (Lipinski definition) is 2. The summed E-state index contributed by atoms with van der Waals surface area (Å²) in [6.45, 7) is 4.76. The Labute approximate surface area is 175 Å². The monoisotopic (exact) mass is 417 g/mol. The van der Waals surface area contributed by atoms with Crippen molar-refractivity contribution in [2.45, 2.75) is 26.7 Å². The summed E-state index contributed by atoms with van der Waals surface area (Å²) < 4.78 is 13.4. The lowest BCUT2D eigenvalue weighted by molar-refractivity contribution is -0.121. The first-order valence-electron chi connectivity index (χ1n) is 9.72. The Morgan fingerprint density at radius 3 is 2.31 bits per heavy atom. The second kappa shape index (κ2) is 9.27. The van der Waals surface area contributed by atoms with Gasteiger partial charge in [0.1, 0.15) is 5.82 Å². The molecule has 3 rings (SSSR count). The molecule has 3 amide bonds. The van der Waals surface area contributed by atoms with E-state index in [1.807, 2.05) is 6.92 Å². The summed E-state index contributed by atoms with van der Waals surface area (Å²) in [4.78, 5) is 26.8. The van der Waals surface area contributed by atoms with Crippen LogP contribution in [-0.2, 0) is 4.79 Å². The number of nitrogens with zero attached hydrogens (tertiary/aromatic N) is 1. The first-order chi connectivity index (χ1) is 13.8. The van der Waals surface area contributed by atoms with Crippen molar-refractivity contribution in [1.29, 1.82) is 0 Å². The fourth-order valence-electron chi connectivity index (χ4n) is 3.53. The second-order valence-electron chi connectivity index (χ2n) is 7.50. The SMILES string of the molecule is Cc1cc(NC(=O)[C@@H](C)C2CCN(C(=O)Nc3ccc(Cl)cc3)CC2)ccc1F. The van der Waals surface area contributed by atoms with E-state index in [1.165, 1.54) is 6.07 Å². The molecule has 1 aliphatic rings. The number of carbonyl (C=O) groups excluding carboxylic acids is 2. The van der Waals surface area contributed by atoms with Crippen molar-refractivity contribution in [2.75, 3.05) is 23.7 Å². The molecule has 2 aromatic rings. The summed E-state index contributed by atoms with van der Waals surface area (Å²) >= 11 is 5.86. The van der Waals surface area contributed by atoms with Gasteiger partial charge in [0.05, 0.1) is 0 Å². The minimum absolute atomic E-state index is 0.0833. The molecule has 0 unspecified atom stereocenters. The Morgan fingerprint density at radius 2 is 1.69 bits per heavy atom. The molecule has 1 heterocycles. The van der Waals surface area contributed by atoms with Crippen LogP contribution >= 0.6 is 11.6 Å². The van der Waals surface area contributed by atoms with Gasteiger partial charge in [0.15, 0.2) is 0 Å². The third-order valence-corrected chi connectivity index (χ3v) is 5.72. The standard InChI is InChI=1S/C22H25ClFN3O2/c1-14-13-19(7-8-20(14)24)25-21(28)15(2)16-9-11-27(12-10-16)22(29)26-18-5-3-17(23)4-6-18/h3-8,13,15-16H,9-12H2,1-2H3,(H,25,28)(H,26,29)/t15-/m0/s1. The summed E-state index contributed by atoms with van der Waals surface area (Å²) in [5, 5.41) is 6.35. The van der Waals surface area contributed by atoms with Crippen molar-refractivity contribution in [1.82, 2.24) is 4.90 Å². The van der Waals surface area contributed by atoms with E-state index in [0.29, 0.717) is 35.1 Å². The zero-order chi connectivity index (χ0) is 21.0. The lowest BCUT2D eigenvalue weighted by Crippen LogP contribution is -2.43. The summed E-state index contributed by atoms with van der Waals surface area (Å²) in [6.07, 6.45) is 1.51. The normalized spacial score (nSPS) is 15.7. The van der Waals surface area contributed by atoms with Gasteiger partial charge in [-0.1, -0.05) is 18.5 Å². The van der Waals surface area contributed by atoms with Gasteiger partial charge in [-0.15, -0.1) is 0 Å². The van der Waals surface area contributed by atoms with Crippen molar-refractivity contribution in [3.05, 3.63) is 58.9 Å². The first-order valence-corrected chi connectivity index (χ1v) is 10.1. The number of likely N-dealkylation sites (tertiary alicyclic amines) is 1. The molecular weight excluding hydrogens is 393 g/mol. The van der Waals surface area contributed by atoms with E-state index in [9.17, 15) is 14.0 Å². The van der Waals surface area contributed by atoms with E-state index in [0.717, 1.165) is 12.8 Å². The highest BCUT2D eigenvalue weighted by Crippen LogP contribution is 2.27. The highest BCUT2D eigenvalue weighted by molar-refractivity contribution is 6.30. The van der Waals surface area contributed by atoms with Crippen molar-refractivity contribution in [3.8, 4) is 0 Å². The highest BCUT2D eigenvalue weighted by atomic mass is 35.5. The van der Waals surface area contributed by atoms with Crippen molar-refractivity contribution in [2.24, 2.45) is 11.8 Å². The average Bonchev–Trinajstić information content (AvgIpc) is 2.72. The van der Waals surface area contributed by atoms with Crippen LogP contribution in [0.15, 0.2) is 42.5 Å². The van der Waals surface area contributed by atoms with Crippen molar-refractivity contribution < 1.29 is 14.0 Å². The molecule has 5 nitrogen and oxygen atoms in total. The molecule has 0 aliphatic carbocycles. The van der Waals surface area contributed by atoms with Crippen LogP contribution in [0.1, 0.15) is 25.3 Å². The fourth-order valence-corrected chi connectivity index (χ4v) is 3.66. The maximum atomic E-state index is 13.4. The molecule has 1 aliphatic heterocycles.